The first-order valence-corrected chi connectivity index (χ1v) is 22.4. The summed E-state index contributed by atoms with van der Waals surface area (Å²) in [6, 6.07) is 16.8. The summed E-state index contributed by atoms with van der Waals surface area (Å²) in [6.45, 7) is 19.4. The van der Waals surface area contributed by atoms with E-state index in [1.165, 1.54) is 0 Å². The summed E-state index contributed by atoms with van der Waals surface area (Å²) in [7, 11) is 0. The Morgan fingerprint density at radius 2 is 1.11 bits per heavy atom. The van der Waals surface area contributed by atoms with Crippen LogP contribution in [0.3, 0.4) is 0 Å². The van der Waals surface area contributed by atoms with Crippen molar-refractivity contribution in [3.63, 3.8) is 0 Å². The van der Waals surface area contributed by atoms with E-state index in [4.69, 9.17) is 23.7 Å². The zero-order valence-corrected chi connectivity index (χ0v) is 39.0. The monoisotopic (exact) mass is 874 g/mol. The fraction of sp³-hybridized carbons (Fsp3) is 0.453. The third-order valence-corrected chi connectivity index (χ3v) is 11.6. The predicted octanol–water partition coefficient (Wildman–Crippen LogP) is 9.20. The van der Waals surface area contributed by atoms with Crippen molar-refractivity contribution in [3.05, 3.63) is 141 Å². The number of carbonyl (C=O) groups is 3. The maximum absolute atomic E-state index is 13.2. The Labute approximate surface area is 378 Å². The maximum Gasteiger partial charge on any atom is 0.338 e. The fourth-order valence-electron chi connectivity index (χ4n) is 8.84. The van der Waals surface area contributed by atoms with Gasteiger partial charge in [0.1, 0.15) is 24.4 Å². The van der Waals surface area contributed by atoms with E-state index in [-0.39, 0.29) is 36.1 Å². The van der Waals surface area contributed by atoms with Crippen molar-refractivity contribution in [3.8, 4) is 0 Å². The van der Waals surface area contributed by atoms with E-state index >= 15 is 0 Å². The normalized spacial score (nSPS) is 29.8. The van der Waals surface area contributed by atoms with Crippen molar-refractivity contribution in [1.29, 1.82) is 0 Å². The highest BCUT2D eigenvalue weighted by Crippen LogP contribution is 2.35. The van der Waals surface area contributed by atoms with Crippen molar-refractivity contribution in [2.24, 2.45) is 0 Å². The molecule has 0 saturated carbocycles. The average Bonchev–Trinajstić information content (AvgIpc) is 3.69. The number of carbonyl (C=O) groups excluding carboxylic acids is 3. The van der Waals surface area contributed by atoms with E-state index in [1.807, 2.05) is 142 Å². The molecule has 8 atom stereocenters. The molecule has 6 unspecified atom stereocenters. The number of amides is 2. The SMILES string of the molecule is Cc1cc(C)c2c(c1)/C=C/C[C@@H]1OC(C)(C)OC1C(O)/C=C\CC(C)NC2=O.Cc1cc(C)c2c(c1)/C=C/C[C@@H]1OC(C)(C)OC1C(OC(=O)c1ccccc1)/C=C\CC(C)NC2=O. The predicted molar refractivity (Wildman–Crippen MR) is 250 cm³/mol. The Morgan fingerprint density at radius 1 is 0.641 bits per heavy atom. The number of benzene rings is 3. The van der Waals surface area contributed by atoms with Crippen LogP contribution in [0.25, 0.3) is 12.2 Å². The first-order chi connectivity index (χ1) is 30.3. The van der Waals surface area contributed by atoms with Crippen molar-refractivity contribution < 1.29 is 43.2 Å². The number of aliphatic hydroxyl groups is 1. The molecule has 4 heterocycles. The summed E-state index contributed by atoms with van der Waals surface area (Å²) in [5.74, 6) is -2.15. The van der Waals surface area contributed by atoms with Crippen LogP contribution < -0.4 is 10.6 Å². The minimum atomic E-state index is -0.821. The molecule has 0 aromatic heterocycles. The Hall–Kier alpha value is -5.17. The number of nitrogens with one attached hydrogen (secondary N) is 2. The molecule has 4 aliphatic heterocycles. The van der Waals surface area contributed by atoms with Crippen LogP contribution in [0, 0.1) is 27.7 Å². The lowest BCUT2D eigenvalue weighted by Gasteiger charge is -2.24. The lowest BCUT2D eigenvalue weighted by atomic mass is 9.96. The van der Waals surface area contributed by atoms with Crippen molar-refractivity contribution in [2.45, 2.75) is 155 Å². The molecule has 0 spiro atoms. The molecule has 3 aromatic rings. The second-order valence-corrected chi connectivity index (χ2v) is 18.4. The van der Waals surface area contributed by atoms with Crippen LogP contribution in [-0.4, -0.2) is 83.2 Å². The van der Waals surface area contributed by atoms with E-state index in [2.05, 4.69) is 10.6 Å². The van der Waals surface area contributed by atoms with Gasteiger partial charge in [0.15, 0.2) is 11.6 Å². The van der Waals surface area contributed by atoms with Crippen LogP contribution >= 0.6 is 0 Å². The quantitative estimate of drug-likeness (QED) is 0.170. The first kappa shape index (κ1) is 48.3. The zero-order chi connectivity index (χ0) is 46.3. The highest BCUT2D eigenvalue weighted by molar-refractivity contribution is 6.00. The van der Waals surface area contributed by atoms with Crippen molar-refractivity contribution in [1.82, 2.24) is 10.6 Å². The topological polar surface area (TPSA) is 142 Å². The summed E-state index contributed by atoms with van der Waals surface area (Å²) in [4.78, 5) is 39.0. The molecule has 0 bridgehead atoms. The van der Waals surface area contributed by atoms with Crippen molar-refractivity contribution >= 4 is 29.9 Å². The van der Waals surface area contributed by atoms with Gasteiger partial charge >= 0.3 is 5.97 Å². The lowest BCUT2D eigenvalue weighted by molar-refractivity contribution is -0.153. The average molecular weight is 875 g/mol. The van der Waals surface area contributed by atoms with Crippen LogP contribution in [0.15, 0.2) is 91.1 Å². The van der Waals surface area contributed by atoms with Crippen LogP contribution in [0.1, 0.15) is 132 Å². The van der Waals surface area contributed by atoms with Gasteiger partial charge in [-0.05, 0) is 135 Å². The van der Waals surface area contributed by atoms with Gasteiger partial charge in [-0.1, -0.05) is 96.1 Å². The fourth-order valence-corrected chi connectivity index (χ4v) is 8.84. The number of aliphatic hydroxyl groups excluding tert-OH is 1. The number of ether oxygens (including phenoxy) is 5. The van der Waals surface area contributed by atoms with Gasteiger partial charge in [0.25, 0.3) is 11.8 Å². The Morgan fingerprint density at radius 3 is 1.62 bits per heavy atom. The molecule has 3 aromatic carbocycles. The number of esters is 1. The molecule has 0 aliphatic carbocycles. The number of hydrogen-bond donors (Lipinski definition) is 3. The second kappa shape index (κ2) is 20.8. The number of rotatable bonds is 2. The molecule has 2 fully saturated rings. The van der Waals surface area contributed by atoms with Crippen LogP contribution in [0.4, 0.5) is 0 Å². The van der Waals surface area contributed by atoms with E-state index < -0.39 is 42.0 Å². The highest BCUT2D eigenvalue weighted by atomic mass is 16.8. The van der Waals surface area contributed by atoms with E-state index in [9.17, 15) is 19.5 Å². The van der Waals surface area contributed by atoms with Crippen LogP contribution in [-0.2, 0) is 23.7 Å². The van der Waals surface area contributed by atoms with E-state index in [1.54, 1.807) is 30.3 Å². The summed E-state index contributed by atoms with van der Waals surface area (Å²) >= 11 is 0. The van der Waals surface area contributed by atoms with E-state index in [0.29, 0.717) is 42.4 Å². The maximum atomic E-state index is 13.2. The molecule has 2 saturated heterocycles. The molecule has 7 rings (SSSR count). The van der Waals surface area contributed by atoms with Gasteiger partial charge in [-0.25, -0.2) is 4.79 Å². The molecular formula is C53H66N2O9. The summed E-state index contributed by atoms with van der Waals surface area (Å²) in [5.41, 5.74) is 7.72. The van der Waals surface area contributed by atoms with Gasteiger partial charge in [0, 0.05) is 23.2 Å². The zero-order valence-electron chi connectivity index (χ0n) is 39.0. The summed E-state index contributed by atoms with van der Waals surface area (Å²) < 4.78 is 30.4. The molecule has 4 aliphatic rings. The van der Waals surface area contributed by atoms with Crippen LogP contribution in [0.5, 0.6) is 0 Å². The number of hydrogen-bond acceptors (Lipinski definition) is 9. The van der Waals surface area contributed by atoms with Gasteiger partial charge in [-0.15, -0.1) is 0 Å². The molecule has 11 nitrogen and oxygen atoms in total. The second-order valence-electron chi connectivity index (χ2n) is 18.4. The van der Waals surface area contributed by atoms with Crippen LogP contribution in [0.2, 0.25) is 0 Å². The molecule has 3 N–H and O–H groups in total. The molecule has 11 heteroatoms. The number of aryl methyl sites for hydroxylation is 4. The van der Waals surface area contributed by atoms with Gasteiger partial charge in [-0.2, -0.15) is 0 Å². The van der Waals surface area contributed by atoms with Gasteiger partial charge in [0.05, 0.1) is 17.8 Å². The first-order valence-electron chi connectivity index (χ1n) is 22.4. The van der Waals surface area contributed by atoms with Gasteiger partial charge in [-0.3, -0.25) is 9.59 Å². The molecular weight excluding hydrogens is 809 g/mol. The lowest BCUT2D eigenvalue weighted by Crippen LogP contribution is -2.38. The van der Waals surface area contributed by atoms with Gasteiger partial charge < -0.3 is 39.4 Å². The molecule has 342 valence electrons. The largest absolute Gasteiger partial charge is 0.452 e. The minimum absolute atomic E-state index is 0.0515. The molecule has 64 heavy (non-hydrogen) atoms. The van der Waals surface area contributed by atoms with E-state index in [0.717, 1.165) is 33.4 Å². The minimum Gasteiger partial charge on any atom is -0.452 e. The molecule has 2 amide bonds. The number of fused-ring (bicyclic) bond motifs is 4. The third-order valence-electron chi connectivity index (χ3n) is 11.6. The highest BCUT2D eigenvalue weighted by Gasteiger charge is 2.46. The Bertz CT molecular complexity index is 2280. The molecule has 0 radical (unpaired) electrons. The van der Waals surface area contributed by atoms with Crippen molar-refractivity contribution in [2.75, 3.05) is 0 Å². The summed E-state index contributed by atoms with van der Waals surface area (Å²) in [6.07, 6.45) is 14.8. The Kier molecular flexibility index (Phi) is 15.7. The smallest absolute Gasteiger partial charge is 0.338 e. The summed E-state index contributed by atoms with van der Waals surface area (Å²) in [5, 5.41) is 16.8. The van der Waals surface area contributed by atoms with Gasteiger partial charge in [0.2, 0.25) is 0 Å². The standard InChI is InChI=1S/C30H35NO5.C23H31NO4/c1-19-17-20(2)26-23(18-19)14-10-16-25-27(36-30(4,5)35-25)24(15-9-11-21(3)31-28(26)32)34-29(33)22-12-7-6-8-13-22;1-14-12-15(2)20-17(13-14)9-7-11-19-21(28-23(4,5)27-19)18(25)10-6-8-16(3)24-22(20)26/h6-10,12-15,17-18,21,24-25,27H,11,16H2,1-5H3,(H,31,32);6-7,9-10,12-13,16,18-19,21,25H,8,11H2,1-5H3,(H,24,26)/b14-10+,15-9-;9-7+,10-6-/t21?,24?,25-,27?;16?,18?,19-,21?/m00/s1. The Balaban J connectivity index is 0.000000219. The third kappa shape index (κ3) is 12.5.